The molecular weight excluding hydrogens is 371 g/mol. The highest BCUT2D eigenvalue weighted by atomic mass is 19.1. The lowest BCUT2D eigenvalue weighted by atomic mass is 10.0. The average Bonchev–Trinajstić information content (AvgIpc) is 3.30. The SMILES string of the molecule is CN(C)Cc1nn(C)c2ccc(-c3ccc(F)cc3OCCn3cncn3)cc12. The van der Waals surface area contributed by atoms with E-state index >= 15 is 0 Å². The summed E-state index contributed by atoms with van der Waals surface area (Å²) < 4.78 is 23.4. The Morgan fingerprint density at radius 3 is 2.76 bits per heavy atom. The van der Waals surface area contributed by atoms with Gasteiger partial charge in [-0.15, -0.1) is 0 Å². The summed E-state index contributed by atoms with van der Waals surface area (Å²) in [5.41, 5.74) is 3.86. The molecule has 2 aromatic heterocycles. The van der Waals surface area contributed by atoms with Crippen molar-refractivity contribution < 1.29 is 9.13 Å². The number of benzene rings is 2. The zero-order valence-electron chi connectivity index (χ0n) is 16.7. The van der Waals surface area contributed by atoms with E-state index in [1.807, 2.05) is 38.0 Å². The first-order valence-electron chi connectivity index (χ1n) is 9.37. The van der Waals surface area contributed by atoms with Gasteiger partial charge in [0.05, 0.1) is 17.8 Å². The van der Waals surface area contributed by atoms with Gasteiger partial charge in [-0.25, -0.2) is 14.1 Å². The molecule has 0 amide bonds. The summed E-state index contributed by atoms with van der Waals surface area (Å²) in [4.78, 5) is 6.00. The summed E-state index contributed by atoms with van der Waals surface area (Å²) >= 11 is 0. The Kier molecular flexibility index (Phi) is 5.26. The van der Waals surface area contributed by atoms with E-state index in [0.717, 1.165) is 34.3 Å². The summed E-state index contributed by atoms with van der Waals surface area (Å²) in [5, 5.41) is 9.78. The van der Waals surface area contributed by atoms with Gasteiger partial charge in [-0.2, -0.15) is 10.2 Å². The van der Waals surface area contributed by atoms with Crippen LogP contribution in [0, 0.1) is 5.82 Å². The van der Waals surface area contributed by atoms with Gasteiger partial charge in [0, 0.05) is 30.6 Å². The molecule has 4 aromatic rings. The van der Waals surface area contributed by atoms with Crippen LogP contribution in [0.3, 0.4) is 0 Å². The summed E-state index contributed by atoms with van der Waals surface area (Å²) in [6, 6.07) is 10.8. The van der Waals surface area contributed by atoms with Crippen LogP contribution in [0.25, 0.3) is 22.0 Å². The van der Waals surface area contributed by atoms with E-state index in [4.69, 9.17) is 4.74 Å². The fourth-order valence-corrected chi connectivity index (χ4v) is 3.37. The van der Waals surface area contributed by atoms with Crippen molar-refractivity contribution in [1.29, 1.82) is 0 Å². The van der Waals surface area contributed by atoms with E-state index in [0.29, 0.717) is 18.9 Å². The smallest absolute Gasteiger partial charge is 0.137 e. The monoisotopic (exact) mass is 394 g/mol. The second-order valence-electron chi connectivity index (χ2n) is 7.19. The molecule has 0 atom stereocenters. The second kappa shape index (κ2) is 8.00. The Labute approximate surface area is 168 Å². The third-order valence-electron chi connectivity index (χ3n) is 4.69. The number of nitrogens with zero attached hydrogens (tertiary/aromatic N) is 6. The Morgan fingerprint density at radius 1 is 1.14 bits per heavy atom. The third-order valence-corrected chi connectivity index (χ3v) is 4.69. The molecule has 0 spiro atoms. The van der Waals surface area contributed by atoms with Crippen molar-refractivity contribution in [2.75, 3.05) is 20.7 Å². The third kappa shape index (κ3) is 4.12. The number of rotatable bonds is 7. The number of aromatic nitrogens is 5. The van der Waals surface area contributed by atoms with Crippen molar-refractivity contribution in [2.45, 2.75) is 13.1 Å². The van der Waals surface area contributed by atoms with Gasteiger partial charge < -0.3 is 9.64 Å². The van der Waals surface area contributed by atoms with Gasteiger partial charge in [-0.1, -0.05) is 6.07 Å². The maximum Gasteiger partial charge on any atom is 0.137 e. The van der Waals surface area contributed by atoms with Crippen molar-refractivity contribution in [1.82, 2.24) is 29.4 Å². The van der Waals surface area contributed by atoms with E-state index in [2.05, 4.69) is 26.1 Å². The zero-order valence-corrected chi connectivity index (χ0v) is 16.7. The van der Waals surface area contributed by atoms with Gasteiger partial charge in [-0.05, 0) is 43.9 Å². The highest BCUT2D eigenvalue weighted by molar-refractivity contribution is 5.88. The van der Waals surface area contributed by atoms with Crippen molar-refractivity contribution in [3.8, 4) is 16.9 Å². The predicted octanol–water partition coefficient (Wildman–Crippen LogP) is 3.11. The number of hydrogen-bond donors (Lipinski definition) is 0. The summed E-state index contributed by atoms with van der Waals surface area (Å²) in [6.45, 7) is 1.64. The van der Waals surface area contributed by atoms with Crippen LogP contribution in [0.1, 0.15) is 5.69 Å². The van der Waals surface area contributed by atoms with Crippen molar-refractivity contribution in [3.05, 3.63) is 60.6 Å². The molecule has 8 heteroatoms. The van der Waals surface area contributed by atoms with Crippen LogP contribution < -0.4 is 4.74 Å². The van der Waals surface area contributed by atoms with Crippen LogP contribution >= 0.6 is 0 Å². The first-order valence-corrected chi connectivity index (χ1v) is 9.37. The highest BCUT2D eigenvalue weighted by Crippen LogP contribution is 2.33. The summed E-state index contributed by atoms with van der Waals surface area (Å²) in [6.07, 6.45) is 3.10. The quantitative estimate of drug-likeness (QED) is 0.482. The molecule has 4 rings (SSSR count). The van der Waals surface area contributed by atoms with Gasteiger partial charge in [0.1, 0.15) is 30.8 Å². The number of aryl methyl sites for hydroxylation is 1. The van der Waals surface area contributed by atoms with Gasteiger partial charge in [0.15, 0.2) is 0 Å². The topological polar surface area (TPSA) is 61.0 Å². The van der Waals surface area contributed by atoms with Crippen LogP contribution in [-0.2, 0) is 20.1 Å². The molecule has 7 nitrogen and oxygen atoms in total. The first kappa shape index (κ1) is 19.1. The van der Waals surface area contributed by atoms with Gasteiger partial charge >= 0.3 is 0 Å². The van der Waals surface area contributed by atoms with E-state index in [1.165, 1.54) is 18.5 Å². The van der Waals surface area contributed by atoms with E-state index < -0.39 is 0 Å². The van der Waals surface area contributed by atoms with Crippen molar-refractivity contribution in [3.63, 3.8) is 0 Å². The minimum atomic E-state index is -0.333. The Bertz CT molecular complexity index is 1120. The molecule has 0 N–H and O–H groups in total. The Hall–Kier alpha value is -3.26. The van der Waals surface area contributed by atoms with Crippen molar-refractivity contribution >= 4 is 10.9 Å². The van der Waals surface area contributed by atoms with Gasteiger partial charge in [0.2, 0.25) is 0 Å². The second-order valence-corrected chi connectivity index (χ2v) is 7.19. The van der Waals surface area contributed by atoms with Crippen molar-refractivity contribution in [2.24, 2.45) is 7.05 Å². The molecule has 150 valence electrons. The summed E-state index contributed by atoms with van der Waals surface area (Å²) in [7, 11) is 5.98. The van der Waals surface area contributed by atoms with Crippen LogP contribution in [-0.4, -0.2) is 50.1 Å². The number of fused-ring (bicyclic) bond motifs is 1. The predicted molar refractivity (Wildman–Crippen MR) is 109 cm³/mol. The molecule has 0 aliphatic rings. The standard InChI is InChI=1S/C21H23FN6O/c1-26(2)12-19-18-10-15(4-7-20(18)27(3)25-19)17-6-5-16(22)11-21(17)29-9-8-28-14-23-13-24-28/h4-7,10-11,13-14H,8-9,12H2,1-3H3. The lowest BCUT2D eigenvalue weighted by molar-refractivity contribution is 0.291. The molecule has 0 aliphatic carbocycles. The zero-order chi connectivity index (χ0) is 20.4. The Morgan fingerprint density at radius 2 is 2.00 bits per heavy atom. The van der Waals surface area contributed by atoms with Crippen LogP contribution in [0.15, 0.2) is 49.1 Å². The minimum Gasteiger partial charge on any atom is -0.491 e. The van der Waals surface area contributed by atoms with E-state index in [1.54, 1.807) is 17.1 Å². The molecule has 29 heavy (non-hydrogen) atoms. The van der Waals surface area contributed by atoms with E-state index in [9.17, 15) is 4.39 Å². The molecule has 0 unspecified atom stereocenters. The first-order chi connectivity index (χ1) is 14.0. The molecule has 0 fully saturated rings. The van der Waals surface area contributed by atoms with Crippen LogP contribution in [0.4, 0.5) is 4.39 Å². The van der Waals surface area contributed by atoms with Crippen LogP contribution in [0.5, 0.6) is 5.75 Å². The molecule has 0 saturated heterocycles. The normalized spacial score (nSPS) is 11.5. The number of halogens is 1. The largest absolute Gasteiger partial charge is 0.491 e. The molecular formula is C21H23FN6O. The van der Waals surface area contributed by atoms with Gasteiger partial charge in [0.25, 0.3) is 0 Å². The maximum absolute atomic E-state index is 13.9. The molecule has 0 saturated carbocycles. The average molecular weight is 394 g/mol. The lowest BCUT2D eigenvalue weighted by Crippen LogP contribution is -2.11. The van der Waals surface area contributed by atoms with Gasteiger partial charge in [-0.3, -0.25) is 4.68 Å². The number of hydrogen-bond acceptors (Lipinski definition) is 5. The van der Waals surface area contributed by atoms with E-state index in [-0.39, 0.29) is 5.82 Å². The molecule has 2 aromatic carbocycles. The highest BCUT2D eigenvalue weighted by Gasteiger charge is 2.14. The molecule has 2 heterocycles. The maximum atomic E-state index is 13.9. The number of ether oxygens (including phenoxy) is 1. The molecule has 0 bridgehead atoms. The Balaban J connectivity index is 1.67. The minimum absolute atomic E-state index is 0.333. The lowest BCUT2D eigenvalue weighted by Gasteiger charge is -2.13. The molecule has 0 aliphatic heterocycles. The summed E-state index contributed by atoms with van der Waals surface area (Å²) in [5.74, 6) is 0.169. The van der Waals surface area contributed by atoms with Crippen LogP contribution in [0.2, 0.25) is 0 Å². The fourth-order valence-electron chi connectivity index (χ4n) is 3.37. The molecule has 0 radical (unpaired) electrons. The fraction of sp³-hybridized carbons (Fsp3) is 0.286.